The van der Waals surface area contributed by atoms with Gasteiger partial charge in [0.15, 0.2) is 0 Å². The van der Waals surface area contributed by atoms with Crippen LogP contribution in [0.2, 0.25) is 0 Å². The molecular weight excluding hydrogens is 244 g/mol. The lowest BCUT2D eigenvalue weighted by Gasteiger charge is -2.06. The van der Waals surface area contributed by atoms with Gasteiger partial charge in [0.1, 0.15) is 0 Å². The van der Waals surface area contributed by atoms with Crippen LogP contribution >= 0.6 is 0 Å². The first-order chi connectivity index (χ1) is 9.79. The largest absolute Gasteiger partial charge is 0.360 e. The van der Waals surface area contributed by atoms with Gasteiger partial charge in [-0.3, -0.25) is 0 Å². The van der Waals surface area contributed by atoms with Crippen LogP contribution in [0.3, 0.4) is 0 Å². The third-order valence-corrected chi connectivity index (χ3v) is 3.44. The quantitative estimate of drug-likeness (QED) is 0.720. The number of rotatable bonds is 2. The van der Waals surface area contributed by atoms with Gasteiger partial charge in [0.2, 0.25) is 0 Å². The van der Waals surface area contributed by atoms with Crippen molar-refractivity contribution in [1.29, 1.82) is 5.26 Å². The summed E-state index contributed by atoms with van der Waals surface area (Å²) in [7, 11) is 0. The molecule has 0 bridgehead atoms. The molecule has 2 heteroatoms. The molecule has 0 saturated heterocycles. The summed E-state index contributed by atoms with van der Waals surface area (Å²) in [6, 6.07) is 20.1. The fraction of sp³-hybridized carbons (Fsp3) is 0.0556. The Balaban J connectivity index is 2.14. The van der Waals surface area contributed by atoms with Gasteiger partial charge < -0.3 is 4.98 Å². The third kappa shape index (κ3) is 2.10. The number of hydrogen-bond donors (Lipinski definition) is 1. The first-order valence-electron chi connectivity index (χ1n) is 6.53. The van der Waals surface area contributed by atoms with Crippen LogP contribution in [-0.2, 0) is 0 Å². The Hall–Kier alpha value is -2.79. The molecule has 0 unspecified atom stereocenters. The molecule has 1 heterocycles. The number of nitriles is 1. The van der Waals surface area contributed by atoms with Crippen molar-refractivity contribution in [1.82, 2.24) is 4.98 Å². The molecule has 3 aromatic rings. The smallest absolute Gasteiger partial charge is 0.0991 e. The molecule has 0 aliphatic heterocycles. The number of nitrogens with one attached hydrogen (secondary N) is 1. The third-order valence-electron chi connectivity index (χ3n) is 3.44. The van der Waals surface area contributed by atoms with Gasteiger partial charge in [0, 0.05) is 11.8 Å². The van der Waals surface area contributed by atoms with E-state index in [1.54, 1.807) is 0 Å². The van der Waals surface area contributed by atoms with E-state index in [-0.39, 0.29) is 0 Å². The number of nitrogens with zero attached hydrogens (tertiary/aromatic N) is 1. The summed E-state index contributed by atoms with van der Waals surface area (Å²) in [6.45, 7) is 2.09. The lowest BCUT2D eigenvalue weighted by atomic mass is 9.98. The number of H-pyrrole nitrogens is 1. The average Bonchev–Trinajstić information content (AvgIpc) is 2.90. The van der Waals surface area contributed by atoms with Crippen molar-refractivity contribution >= 4 is 0 Å². The van der Waals surface area contributed by atoms with E-state index in [2.05, 4.69) is 30.1 Å². The van der Waals surface area contributed by atoms with Gasteiger partial charge in [-0.25, -0.2) is 0 Å². The zero-order valence-electron chi connectivity index (χ0n) is 11.2. The summed E-state index contributed by atoms with van der Waals surface area (Å²) in [5.74, 6) is 0. The molecule has 96 valence electrons. The fourth-order valence-electron chi connectivity index (χ4n) is 2.44. The molecular formula is C18H14N2. The molecule has 0 fully saturated rings. The van der Waals surface area contributed by atoms with Crippen molar-refractivity contribution in [3.05, 3.63) is 71.9 Å². The van der Waals surface area contributed by atoms with Crippen molar-refractivity contribution in [2.24, 2.45) is 0 Å². The summed E-state index contributed by atoms with van der Waals surface area (Å²) in [5, 5.41) is 8.89. The number of benzene rings is 2. The zero-order chi connectivity index (χ0) is 13.9. The molecule has 1 aromatic heterocycles. The molecule has 0 aliphatic rings. The first kappa shape index (κ1) is 12.3. The monoisotopic (exact) mass is 258 g/mol. The van der Waals surface area contributed by atoms with Crippen LogP contribution in [-0.4, -0.2) is 4.98 Å². The SMILES string of the molecule is Cc1c[nH]c(-c2ccccc2)c1-c1ccc(C#N)cc1. The van der Waals surface area contributed by atoms with Crippen LogP contribution in [0.5, 0.6) is 0 Å². The molecule has 0 atom stereocenters. The predicted octanol–water partition coefficient (Wildman–Crippen LogP) is 4.53. The Bertz CT molecular complexity index is 759. The van der Waals surface area contributed by atoms with E-state index in [1.165, 1.54) is 16.7 Å². The van der Waals surface area contributed by atoms with Crippen LogP contribution in [0.4, 0.5) is 0 Å². The Morgan fingerprint density at radius 3 is 2.25 bits per heavy atom. The van der Waals surface area contributed by atoms with Crippen LogP contribution in [0.1, 0.15) is 11.1 Å². The topological polar surface area (TPSA) is 39.6 Å². The van der Waals surface area contributed by atoms with Crippen molar-refractivity contribution in [2.45, 2.75) is 6.92 Å². The number of aromatic amines is 1. The average molecular weight is 258 g/mol. The summed E-state index contributed by atoms with van der Waals surface area (Å²) in [5.41, 5.74) is 6.49. The molecule has 0 aliphatic carbocycles. The maximum Gasteiger partial charge on any atom is 0.0991 e. The normalized spacial score (nSPS) is 10.2. The van der Waals surface area contributed by atoms with Gasteiger partial charge in [0.25, 0.3) is 0 Å². The highest BCUT2D eigenvalue weighted by atomic mass is 14.7. The number of hydrogen-bond acceptors (Lipinski definition) is 1. The number of aromatic nitrogens is 1. The maximum absolute atomic E-state index is 8.89. The Morgan fingerprint density at radius 1 is 0.900 bits per heavy atom. The van der Waals surface area contributed by atoms with Crippen LogP contribution in [0, 0.1) is 18.3 Å². The Labute approximate surface area is 118 Å². The van der Waals surface area contributed by atoms with E-state index in [1.807, 2.05) is 48.7 Å². The molecule has 0 amide bonds. The van der Waals surface area contributed by atoms with E-state index in [0.29, 0.717) is 5.56 Å². The van der Waals surface area contributed by atoms with Crippen molar-refractivity contribution in [3.63, 3.8) is 0 Å². The molecule has 0 saturated carbocycles. The highest BCUT2D eigenvalue weighted by molar-refractivity contribution is 5.83. The molecule has 20 heavy (non-hydrogen) atoms. The minimum absolute atomic E-state index is 0.684. The molecule has 3 rings (SSSR count). The van der Waals surface area contributed by atoms with Gasteiger partial charge >= 0.3 is 0 Å². The number of aryl methyl sites for hydroxylation is 1. The maximum atomic E-state index is 8.89. The minimum atomic E-state index is 0.684. The first-order valence-corrected chi connectivity index (χ1v) is 6.53. The van der Waals surface area contributed by atoms with Crippen LogP contribution < -0.4 is 0 Å². The lowest BCUT2D eigenvalue weighted by molar-refractivity contribution is 1.38. The summed E-state index contributed by atoms with van der Waals surface area (Å²) >= 11 is 0. The van der Waals surface area contributed by atoms with Gasteiger partial charge in [-0.05, 0) is 35.7 Å². The molecule has 1 N–H and O–H groups in total. The van der Waals surface area contributed by atoms with Crippen molar-refractivity contribution in [3.8, 4) is 28.5 Å². The predicted molar refractivity (Wildman–Crippen MR) is 81.1 cm³/mol. The molecule has 0 radical (unpaired) electrons. The molecule has 2 aromatic carbocycles. The van der Waals surface area contributed by atoms with E-state index in [4.69, 9.17) is 5.26 Å². The van der Waals surface area contributed by atoms with Crippen LogP contribution in [0.25, 0.3) is 22.4 Å². The van der Waals surface area contributed by atoms with Crippen molar-refractivity contribution in [2.75, 3.05) is 0 Å². The van der Waals surface area contributed by atoms with Gasteiger partial charge in [-0.2, -0.15) is 5.26 Å². The van der Waals surface area contributed by atoms with Gasteiger partial charge in [0.05, 0.1) is 17.3 Å². The Kier molecular flexibility index (Phi) is 3.10. The second-order valence-electron chi connectivity index (χ2n) is 4.78. The second-order valence-corrected chi connectivity index (χ2v) is 4.78. The standard InChI is InChI=1S/C18H14N2/c1-13-12-20-18(16-5-3-2-4-6-16)17(13)15-9-7-14(11-19)8-10-15/h2-10,12,20H,1H3. The van der Waals surface area contributed by atoms with Crippen LogP contribution in [0.15, 0.2) is 60.8 Å². The highest BCUT2D eigenvalue weighted by Gasteiger charge is 2.12. The summed E-state index contributed by atoms with van der Waals surface area (Å²) in [4.78, 5) is 3.35. The Morgan fingerprint density at radius 2 is 1.60 bits per heavy atom. The highest BCUT2D eigenvalue weighted by Crippen LogP contribution is 2.34. The van der Waals surface area contributed by atoms with E-state index in [0.717, 1.165) is 11.3 Å². The van der Waals surface area contributed by atoms with E-state index in [9.17, 15) is 0 Å². The zero-order valence-corrected chi connectivity index (χ0v) is 11.2. The summed E-state index contributed by atoms with van der Waals surface area (Å²) in [6.07, 6.45) is 2.02. The van der Waals surface area contributed by atoms with Gasteiger partial charge in [-0.1, -0.05) is 42.5 Å². The molecule has 0 spiro atoms. The molecule has 2 nitrogen and oxygen atoms in total. The second kappa shape index (κ2) is 5.07. The fourth-order valence-corrected chi connectivity index (χ4v) is 2.44. The van der Waals surface area contributed by atoms with E-state index >= 15 is 0 Å². The summed E-state index contributed by atoms with van der Waals surface area (Å²) < 4.78 is 0. The van der Waals surface area contributed by atoms with Crippen molar-refractivity contribution < 1.29 is 0 Å². The van der Waals surface area contributed by atoms with E-state index < -0.39 is 0 Å². The minimum Gasteiger partial charge on any atom is -0.360 e. The van der Waals surface area contributed by atoms with Gasteiger partial charge in [-0.15, -0.1) is 0 Å². The lowest BCUT2D eigenvalue weighted by Crippen LogP contribution is -1.84.